The highest BCUT2D eigenvalue weighted by Gasteiger charge is 2.48. The highest BCUT2D eigenvalue weighted by Crippen LogP contribution is 2.52. The first-order chi connectivity index (χ1) is 9.29. The summed E-state index contributed by atoms with van der Waals surface area (Å²) in [7, 11) is 0. The average molecular weight is 338 g/mol. The lowest BCUT2D eigenvalue weighted by atomic mass is 9.63. The minimum absolute atomic E-state index is 0.0680. The molecule has 3 heteroatoms. The average Bonchev–Trinajstić information content (AvgIpc) is 2.27. The number of hydrogen-bond acceptors (Lipinski definition) is 2. The molecule has 1 aromatic rings. The van der Waals surface area contributed by atoms with E-state index in [1.54, 1.807) is 0 Å². The van der Waals surface area contributed by atoms with Crippen LogP contribution in [0.2, 0.25) is 0 Å². The van der Waals surface area contributed by atoms with Gasteiger partial charge in [0.15, 0.2) is 0 Å². The Kier molecular flexibility index (Phi) is 3.41. The molecule has 3 rings (SSSR count). The van der Waals surface area contributed by atoms with Crippen LogP contribution in [0.15, 0.2) is 22.7 Å². The van der Waals surface area contributed by atoms with Crippen LogP contribution in [-0.2, 0) is 0 Å². The molecule has 1 aliphatic heterocycles. The van der Waals surface area contributed by atoms with Gasteiger partial charge in [0.05, 0.1) is 0 Å². The number of rotatable bonds is 0. The zero-order valence-corrected chi connectivity index (χ0v) is 14.2. The third-order valence-electron chi connectivity index (χ3n) is 4.71. The summed E-state index contributed by atoms with van der Waals surface area (Å²) in [5, 5.41) is 0. The van der Waals surface area contributed by atoms with E-state index in [9.17, 15) is 0 Å². The molecular formula is C17H24BrNO. The van der Waals surface area contributed by atoms with Crippen molar-refractivity contribution in [1.29, 1.82) is 0 Å². The third-order valence-corrected chi connectivity index (χ3v) is 5.21. The summed E-state index contributed by atoms with van der Waals surface area (Å²) >= 11 is 3.52. The summed E-state index contributed by atoms with van der Waals surface area (Å²) < 4.78 is 7.56. The van der Waals surface area contributed by atoms with Crippen molar-refractivity contribution >= 4 is 15.9 Å². The molecule has 2 N–H and O–H groups in total. The molecule has 0 amide bonds. The van der Waals surface area contributed by atoms with Gasteiger partial charge in [-0.05, 0) is 48.8 Å². The lowest BCUT2D eigenvalue weighted by molar-refractivity contribution is -0.0571. The smallest absolute Gasteiger partial charge is 0.124 e. The van der Waals surface area contributed by atoms with E-state index in [4.69, 9.17) is 10.5 Å². The van der Waals surface area contributed by atoms with Crippen molar-refractivity contribution in [2.45, 2.75) is 58.1 Å². The number of fused-ring (bicyclic) bond motifs is 1. The molecule has 3 atom stereocenters. The molecule has 0 bridgehead atoms. The molecule has 2 nitrogen and oxygen atoms in total. The molecule has 110 valence electrons. The lowest BCUT2D eigenvalue weighted by Crippen LogP contribution is -2.50. The van der Waals surface area contributed by atoms with Gasteiger partial charge in [-0.25, -0.2) is 0 Å². The molecule has 1 heterocycles. The molecule has 1 spiro atoms. The normalized spacial score (nSPS) is 35.5. The monoisotopic (exact) mass is 337 g/mol. The van der Waals surface area contributed by atoms with Gasteiger partial charge in [-0.1, -0.05) is 36.7 Å². The highest BCUT2D eigenvalue weighted by atomic mass is 79.9. The quantitative estimate of drug-likeness (QED) is 0.736. The Bertz CT molecular complexity index is 528. The van der Waals surface area contributed by atoms with Crippen LogP contribution in [-0.4, -0.2) is 5.60 Å². The molecule has 2 aliphatic rings. The Morgan fingerprint density at radius 3 is 2.70 bits per heavy atom. The first kappa shape index (κ1) is 14.4. The highest BCUT2D eigenvalue weighted by molar-refractivity contribution is 9.10. The van der Waals surface area contributed by atoms with E-state index in [0.29, 0.717) is 11.3 Å². The zero-order valence-electron chi connectivity index (χ0n) is 12.6. The summed E-state index contributed by atoms with van der Waals surface area (Å²) in [6.45, 7) is 7.06. The topological polar surface area (TPSA) is 35.2 Å². The number of halogens is 1. The van der Waals surface area contributed by atoms with Crippen molar-refractivity contribution < 1.29 is 4.74 Å². The summed E-state index contributed by atoms with van der Waals surface area (Å²) in [4.78, 5) is 0. The molecule has 3 unspecified atom stereocenters. The maximum absolute atomic E-state index is 6.49. The predicted molar refractivity (Wildman–Crippen MR) is 85.8 cm³/mol. The van der Waals surface area contributed by atoms with E-state index in [-0.39, 0.29) is 11.6 Å². The maximum atomic E-state index is 6.49. The van der Waals surface area contributed by atoms with Crippen molar-refractivity contribution in [3.05, 3.63) is 28.2 Å². The second kappa shape index (κ2) is 4.74. The van der Waals surface area contributed by atoms with E-state index in [1.807, 2.05) is 6.07 Å². The number of benzene rings is 1. The summed E-state index contributed by atoms with van der Waals surface area (Å²) in [5.41, 5.74) is 7.86. The zero-order chi connectivity index (χ0) is 14.5. The van der Waals surface area contributed by atoms with Crippen LogP contribution in [0.25, 0.3) is 0 Å². The van der Waals surface area contributed by atoms with Crippen molar-refractivity contribution in [1.82, 2.24) is 0 Å². The minimum Gasteiger partial charge on any atom is -0.487 e. The summed E-state index contributed by atoms with van der Waals surface area (Å²) in [6.07, 6.45) is 4.44. The van der Waals surface area contributed by atoms with Gasteiger partial charge in [-0.15, -0.1) is 0 Å². The van der Waals surface area contributed by atoms with Crippen LogP contribution >= 0.6 is 15.9 Å². The van der Waals surface area contributed by atoms with Crippen LogP contribution in [0.3, 0.4) is 0 Å². The van der Waals surface area contributed by atoms with Crippen molar-refractivity contribution in [3.63, 3.8) is 0 Å². The first-order valence-corrected chi connectivity index (χ1v) is 8.32. The van der Waals surface area contributed by atoms with Crippen molar-refractivity contribution in [2.24, 2.45) is 17.1 Å². The van der Waals surface area contributed by atoms with Gasteiger partial charge in [0, 0.05) is 22.5 Å². The van der Waals surface area contributed by atoms with Gasteiger partial charge in [0.25, 0.3) is 0 Å². The summed E-state index contributed by atoms with van der Waals surface area (Å²) in [6, 6.07) is 6.29. The predicted octanol–water partition coefficient (Wildman–Crippen LogP) is 4.82. The molecule has 1 aromatic carbocycles. The molecule has 20 heavy (non-hydrogen) atoms. The van der Waals surface area contributed by atoms with Gasteiger partial charge >= 0.3 is 0 Å². The standard InChI is InChI=1S/C17H24BrNO/c1-11-7-16(2,3)10-17(8-11)9-14(19)13-6-12(18)4-5-15(13)20-17/h4-6,11,14H,7-10,19H2,1-3H3. The fourth-order valence-corrected chi connectivity index (χ4v) is 4.97. The van der Waals surface area contributed by atoms with Crippen molar-refractivity contribution in [3.8, 4) is 5.75 Å². The van der Waals surface area contributed by atoms with Gasteiger partial charge in [-0.3, -0.25) is 0 Å². The van der Waals surface area contributed by atoms with E-state index >= 15 is 0 Å². The Balaban J connectivity index is 1.96. The van der Waals surface area contributed by atoms with Gasteiger partial charge in [0.1, 0.15) is 11.4 Å². The molecule has 0 saturated heterocycles. The van der Waals surface area contributed by atoms with Crippen LogP contribution < -0.4 is 10.5 Å². The Morgan fingerprint density at radius 1 is 1.25 bits per heavy atom. The van der Waals surface area contributed by atoms with Gasteiger partial charge in [-0.2, -0.15) is 0 Å². The van der Waals surface area contributed by atoms with Gasteiger partial charge in [0.2, 0.25) is 0 Å². The molecule has 0 aromatic heterocycles. The largest absolute Gasteiger partial charge is 0.487 e. The lowest BCUT2D eigenvalue weighted by Gasteiger charge is -2.50. The molecule has 1 fully saturated rings. The Hall–Kier alpha value is -0.540. The van der Waals surface area contributed by atoms with E-state index in [1.165, 1.54) is 6.42 Å². The van der Waals surface area contributed by atoms with Crippen LogP contribution in [0.1, 0.15) is 58.1 Å². The molecule has 1 aliphatic carbocycles. The minimum atomic E-state index is -0.0680. The fraction of sp³-hybridized carbons (Fsp3) is 0.647. The van der Waals surface area contributed by atoms with Crippen LogP contribution in [0.5, 0.6) is 5.75 Å². The maximum Gasteiger partial charge on any atom is 0.124 e. The first-order valence-electron chi connectivity index (χ1n) is 7.53. The van der Waals surface area contributed by atoms with E-state index < -0.39 is 0 Å². The van der Waals surface area contributed by atoms with Crippen LogP contribution in [0.4, 0.5) is 0 Å². The Morgan fingerprint density at radius 2 is 2.00 bits per heavy atom. The Labute approximate surface area is 130 Å². The SMILES string of the molecule is CC1CC(C)(C)CC2(C1)CC(N)c1cc(Br)ccc1O2. The van der Waals surface area contributed by atoms with E-state index in [0.717, 1.165) is 35.0 Å². The van der Waals surface area contributed by atoms with Crippen molar-refractivity contribution in [2.75, 3.05) is 0 Å². The number of hydrogen-bond donors (Lipinski definition) is 1. The van der Waals surface area contributed by atoms with Gasteiger partial charge < -0.3 is 10.5 Å². The second-order valence-corrected chi connectivity index (χ2v) is 8.55. The molecule has 0 radical (unpaired) electrons. The summed E-state index contributed by atoms with van der Waals surface area (Å²) in [5.74, 6) is 1.68. The fourth-order valence-electron chi connectivity index (χ4n) is 4.59. The third kappa shape index (κ3) is 2.62. The molecular weight excluding hydrogens is 314 g/mol. The number of nitrogens with two attached hydrogens (primary N) is 1. The second-order valence-electron chi connectivity index (χ2n) is 7.63. The van der Waals surface area contributed by atoms with E-state index in [2.05, 4.69) is 48.8 Å². The molecule has 1 saturated carbocycles. The number of ether oxygens (including phenoxy) is 1. The van der Waals surface area contributed by atoms with Crippen LogP contribution in [0, 0.1) is 11.3 Å².